The van der Waals surface area contributed by atoms with Gasteiger partial charge in [-0.15, -0.1) is 0 Å². The van der Waals surface area contributed by atoms with Gasteiger partial charge in [0, 0.05) is 37.0 Å². The number of imidazole rings is 1. The molecule has 9 heteroatoms. The average Bonchev–Trinajstić information content (AvgIpc) is 3.18. The molecule has 0 spiro atoms. The van der Waals surface area contributed by atoms with E-state index in [0.717, 1.165) is 13.0 Å². The fourth-order valence-electron chi connectivity index (χ4n) is 2.60. The molecule has 118 valence electrons. The molecule has 0 saturated carbocycles. The second-order valence-electron chi connectivity index (χ2n) is 5.31. The lowest BCUT2D eigenvalue weighted by molar-refractivity contribution is 0.149. The van der Waals surface area contributed by atoms with Crippen LogP contribution < -0.4 is 5.32 Å². The minimum Gasteiger partial charge on any atom is -0.332 e. The van der Waals surface area contributed by atoms with Gasteiger partial charge in [-0.2, -0.15) is 9.36 Å². The minimum atomic E-state index is -0.110. The lowest BCUT2D eigenvalue weighted by Gasteiger charge is -2.37. The predicted molar refractivity (Wildman–Crippen MR) is 87.3 cm³/mol. The lowest BCUT2D eigenvalue weighted by Crippen LogP contribution is -2.45. The maximum absolute atomic E-state index is 12.4. The molecule has 1 fully saturated rings. The number of carbonyl (C=O) groups excluding carboxylic acids is 1. The summed E-state index contributed by atoms with van der Waals surface area (Å²) >= 11 is 2.67. The highest BCUT2D eigenvalue weighted by Gasteiger charge is 2.30. The Kier molecular flexibility index (Phi) is 4.63. The number of hydrogen-bond donors (Lipinski definition) is 1. The number of urea groups is 1. The number of likely N-dealkylation sites (tertiary alicyclic amines) is 1. The van der Waals surface area contributed by atoms with Gasteiger partial charge in [-0.3, -0.25) is 5.32 Å². The zero-order chi connectivity index (χ0) is 15.5. The van der Waals surface area contributed by atoms with Crippen molar-refractivity contribution in [1.82, 2.24) is 23.8 Å². The maximum Gasteiger partial charge on any atom is 0.323 e. The number of aromatic nitrogens is 4. The molecular formula is C13H18N6OS2. The number of carbonyl (C=O) groups is 1. The van der Waals surface area contributed by atoms with Gasteiger partial charge in [-0.05, 0) is 18.6 Å². The second kappa shape index (κ2) is 6.66. The van der Waals surface area contributed by atoms with Crippen molar-refractivity contribution in [2.75, 3.05) is 24.7 Å². The summed E-state index contributed by atoms with van der Waals surface area (Å²) in [5, 5.41) is 4.07. The summed E-state index contributed by atoms with van der Waals surface area (Å²) in [4.78, 5) is 22.6. The van der Waals surface area contributed by atoms with Crippen molar-refractivity contribution in [3.05, 3.63) is 18.7 Å². The monoisotopic (exact) mass is 338 g/mol. The first-order valence-corrected chi connectivity index (χ1v) is 9.08. The Morgan fingerprint density at radius 1 is 1.55 bits per heavy atom. The summed E-state index contributed by atoms with van der Waals surface area (Å²) in [5.74, 6) is 0.517. The van der Waals surface area contributed by atoms with Gasteiger partial charge in [0.1, 0.15) is 0 Å². The van der Waals surface area contributed by atoms with Crippen LogP contribution >= 0.6 is 23.3 Å². The van der Waals surface area contributed by atoms with Gasteiger partial charge >= 0.3 is 6.03 Å². The van der Waals surface area contributed by atoms with Crippen molar-refractivity contribution >= 4 is 34.5 Å². The highest BCUT2D eigenvalue weighted by Crippen LogP contribution is 2.28. The topological polar surface area (TPSA) is 75.9 Å². The number of nitrogens with zero attached hydrogens (tertiary/aromatic N) is 5. The summed E-state index contributed by atoms with van der Waals surface area (Å²) in [6.07, 6.45) is 8.44. The average molecular weight is 338 g/mol. The molecule has 0 radical (unpaired) electrons. The van der Waals surface area contributed by atoms with E-state index < -0.39 is 0 Å². The van der Waals surface area contributed by atoms with E-state index in [4.69, 9.17) is 0 Å². The summed E-state index contributed by atoms with van der Waals surface area (Å²) in [7, 11) is 0. The standard InChI is InChI=1S/C13H18N6OS2/c1-9-3-5-18(7-10(9)19-6-4-14-8-19)13(20)16-11-15-12(21-2)17-22-11/h4,6,8-10H,3,5,7H2,1-2H3,(H,15,16,17,20)/t9-,10-/m1/s1. The third-order valence-corrected chi connectivity index (χ3v) is 5.21. The van der Waals surface area contributed by atoms with E-state index in [9.17, 15) is 4.79 Å². The quantitative estimate of drug-likeness (QED) is 0.871. The van der Waals surface area contributed by atoms with Gasteiger partial charge in [0.2, 0.25) is 10.3 Å². The Labute approximate surface area is 137 Å². The van der Waals surface area contributed by atoms with Crippen LogP contribution in [0.4, 0.5) is 9.93 Å². The second-order valence-corrected chi connectivity index (χ2v) is 6.83. The zero-order valence-corrected chi connectivity index (χ0v) is 14.1. The van der Waals surface area contributed by atoms with Gasteiger partial charge in [-0.25, -0.2) is 9.78 Å². The number of nitrogens with one attached hydrogen (secondary N) is 1. The molecule has 2 aromatic rings. The Balaban J connectivity index is 1.65. The van der Waals surface area contributed by atoms with Crippen LogP contribution in [0.2, 0.25) is 0 Å². The van der Waals surface area contributed by atoms with Gasteiger partial charge < -0.3 is 9.47 Å². The Morgan fingerprint density at radius 2 is 2.41 bits per heavy atom. The van der Waals surface area contributed by atoms with Crippen LogP contribution in [-0.4, -0.2) is 49.2 Å². The number of rotatable bonds is 3. The number of amides is 2. The smallest absolute Gasteiger partial charge is 0.323 e. The van der Waals surface area contributed by atoms with E-state index in [0.29, 0.717) is 22.8 Å². The molecule has 3 heterocycles. The molecule has 2 atom stereocenters. The predicted octanol–water partition coefficient (Wildman–Crippen LogP) is 2.57. The van der Waals surface area contributed by atoms with Crippen LogP contribution in [0, 0.1) is 5.92 Å². The van der Waals surface area contributed by atoms with Gasteiger partial charge in [0.05, 0.1) is 12.4 Å². The van der Waals surface area contributed by atoms with Crippen LogP contribution in [0.1, 0.15) is 19.4 Å². The van der Waals surface area contributed by atoms with E-state index >= 15 is 0 Å². The molecule has 1 saturated heterocycles. The van der Waals surface area contributed by atoms with E-state index in [1.54, 1.807) is 6.20 Å². The largest absolute Gasteiger partial charge is 0.332 e. The molecule has 7 nitrogen and oxygen atoms in total. The first-order chi connectivity index (χ1) is 10.7. The summed E-state index contributed by atoms with van der Waals surface area (Å²) in [6.45, 7) is 3.65. The number of piperidine rings is 1. The fraction of sp³-hybridized carbons (Fsp3) is 0.538. The van der Waals surface area contributed by atoms with E-state index in [2.05, 4.69) is 31.1 Å². The van der Waals surface area contributed by atoms with E-state index in [1.165, 1.54) is 23.3 Å². The highest BCUT2D eigenvalue weighted by molar-refractivity contribution is 7.98. The van der Waals surface area contributed by atoms with Crippen LogP contribution in [-0.2, 0) is 0 Å². The van der Waals surface area contributed by atoms with Crippen molar-refractivity contribution in [2.24, 2.45) is 5.92 Å². The third-order valence-electron chi connectivity index (χ3n) is 3.92. The summed E-state index contributed by atoms with van der Waals surface area (Å²) < 4.78 is 6.23. The lowest BCUT2D eigenvalue weighted by atomic mass is 9.93. The summed E-state index contributed by atoms with van der Waals surface area (Å²) in [5.41, 5.74) is 0. The van der Waals surface area contributed by atoms with Crippen LogP contribution in [0.5, 0.6) is 0 Å². The first-order valence-electron chi connectivity index (χ1n) is 7.08. The molecule has 22 heavy (non-hydrogen) atoms. The van der Waals surface area contributed by atoms with E-state index in [1.807, 2.05) is 23.7 Å². The molecule has 1 aliphatic heterocycles. The minimum absolute atomic E-state index is 0.110. The van der Waals surface area contributed by atoms with Crippen LogP contribution in [0.15, 0.2) is 23.9 Å². The molecule has 1 N–H and O–H groups in total. The molecule has 0 unspecified atom stereocenters. The highest BCUT2D eigenvalue weighted by atomic mass is 32.2. The maximum atomic E-state index is 12.4. The molecule has 3 rings (SSSR count). The molecular weight excluding hydrogens is 320 g/mol. The Morgan fingerprint density at radius 3 is 3.09 bits per heavy atom. The third kappa shape index (κ3) is 3.25. The summed E-state index contributed by atoms with van der Waals surface area (Å²) in [6, 6.07) is 0.152. The fourth-order valence-corrected chi connectivity index (χ4v) is 3.72. The normalized spacial score (nSPS) is 21.8. The zero-order valence-electron chi connectivity index (χ0n) is 12.5. The van der Waals surface area contributed by atoms with Crippen molar-refractivity contribution in [3.63, 3.8) is 0 Å². The van der Waals surface area contributed by atoms with Crippen molar-refractivity contribution < 1.29 is 4.79 Å². The number of anilines is 1. The van der Waals surface area contributed by atoms with Crippen LogP contribution in [0.25, 0.3) is 0 Å². The van der Waals surface area contributed by atoms with Gasteiger partial charge in [0.15, 0.2) is 0 Å². The molecule has 1 aliphatic rings. The van der Waals surface area contributed by atoms with Gasteiger partial charge in [0.25, 0.3) is 0 Å². The molecule has 0 aliphatic carbocycles. The molecule has 2 amide bonds. The SMILES string of the molecule is CSc1nsc(NC(=O)N2CC[C@@H](C)[C@H](n3ccnc3)C2)n1. The molecule has 0 bridgehead atoms. The molecule has 0 aromatic carbocycles. The Bertz CT molecular complexity index is 628. The molecule has 2 aromatic heterocycles. The Hall–Kier alpha value is -1.61. The van der Waals surface area contributed by atoms with E-state index in [-0.39, 0.29) is 12.1 Å². The van der Waals surface area contributed by atoms with Crippen molar-refractivity contribution in [2.45, 2.75) is 24.5 Å². The van der Waals surface area contributed by atoms with Gasteiger partial charge in [-0.1, -0.05) is 18.7 Å². The van der Waals surface area contributed by atoms with Crippen molar-refractivity contribution in [3.8, 4) is 0 Å². The van der Waals surface area contributed by atoms with Crippen molar-refractivity contribution in [1.29, 1.82) is 0 Å². The number of thioether (sulfide) groups is 1. The number of hydrogen-bond acceptors (Lipinski definition) is 6. The van der Waals surface area contributed by atoms with Crippen LogP contribution in [0.3, 0.4) is 0 Å². The first kappa shape index (κ1) is 15.3.